The van der Waals surface area contributed by atoms with Gasteiger partial charge in [0.1, 0.15) is 17.8 Å². The number of aliphatic hydroxyl groups excluding tert-OH is 1. The first-order valence-electron chi connectivity index (χ1n) is 14.1. The average Bonchev–Trinajstić information content (AvgIpc) is 3.00. The third-order valence-corrected chi connectivity index (χ3v) is 7.57. The van der Waals surface area contributed by atoms with Gasteiger partial charge in [0.15, 0.2) is 5.82 Å². The van der Waals surface area contributed by atoms with Crippen LogP contribution in [-0.2, 0) is 27.2 Å². The average molecular weight is 628 g/mol. The van der Waals surface area contributed by atoms with Crippen LogP contribution in [0.4, 0.5) is 13.2 Å². The van der Waals surface area contributed by atoms with Gasteiger partial charge >= 0.3 is 0 Å². The zero-order valence-corrected chi connectivity index (χ0v) is 24.3. The number of carbonyl (C=O) groups excluding carboxylic acids is 4. The molecule has 238 valence electrons. The van der Waals surface area contributed by atoms with Crippen molar-refractivity contribution in [1.29, 1.82) is 0 Å². The summed E-state index contributed by atoms with van der Waals surface area (Å²) in [6.45, 7) is 2.72. The van der Waals surface area contributed by atoms with E-state index < -0.39 is 89.5 Å². The van der Waals surface area contributed by atoms with Crippen molar-refractivity contribution in [2.45, 2.75) is 57.0 Å². The largest absolute Gasteiger partial charge is 0.507 e. The maximum absolute atomic E-state index is 14.5. The maximum Gasteiger partial charge on any atom is 0.255 e. The van der Waals surface area contributed by atoms with E-state index in [0.29, 0.717) is 11.6 Å². The molecule has 1 aliphatic heterocycles. The number of para-hydroxylation sites is 1. The SMILES string of the molecule is C[C@H]1NC(=O)C(Cc2ccccc2)NC(=O)[C@H](C)[C@H](O)[C@H](Cc2cc(F)c(F)nc2F)NC(=O)[C@H]1NC(=O)c1ccccc1O. The molecule has 14 heteroatoms. The number of rotatable bonds is 6. The first-order chi connectivity index (χ1) is 21.3. The Morgan fingerprint density at radius 2 is 1.53 bits per heavy atom. The monoisotopic (exact) mass is 627 g/mol. The second kappa shape index (κ2) is 14.2. The lowest BCUT2D eigenvalue weighted by Crippen LogP contribution is -2.64. The smallest absolute Gasteiger partial charge is 0.255 e. The Labute approximate surface area is 256 Å². The molecule has 45 heavy (non-hydrogen) atoms. The van der Waals surface area contributed by atoms with Gasteiger partial charge in [-0.2, -0.15) is 13.8 Å². The number of benzene rings is 2. The van der Waals surface area contributed by atoms with E-state index in [4.69, 9.17) is 0 Å². The van der Waals surface area contributed by atoms with Crippen molar-refractivity contribution in [3.63, 3.8) is 0 Å². The number of aromatic nitrogens is 1. The molecule has 3 aromatic rings. The van der Waals surface area contributed by atoms with Gasteiger partial charge in [0, 0.05) is 12.0 Å². The van der Waals surface area contributed by atoms with Crippen molar-refractivity contribution in [2.75, 3.05) is 0 Å². The van der Waals surface area contributed by atoms with Crippen molar-refractivity contribution >= 4 is 23.6 Å². The van der Waals surface area contributed by atoms with E-state index in [0.717, 1.165) is 0 Å². The lowest BCUT2D eigenvalue weighted by molar-refractivity contribution is -0.136. The van der Waals surface area contributed by atoms with Crippen LogP contribution in [-0.4, -0.2) is 69.1 Å². The number of carbonyl (C=O) groups is 4. The van der Waals surface area contributed by atoms with E-state index in [9.17, 15) is 42.6 Å². The Balaban J connectivity index is 1.73. The number of phenols is 1. The Morgan fingerprint density at radius 3 is 2.22 bits per heavy atom. The van der Waals surface area contributed by atoms with E-state index in [1.807, 2.05) is 0 Å². The molecule has 2 heterocycles. The van der Waals surface area contributed by atoms with Crippen molar-refractivity contribution < 1.29 is 42.6 Å². The van der Waals surface area contributed by atoms with E-state index in [1.165, 1.54) is 38.1 Å². The van der Waals surface area contributed by atoms with Gasteiger partial charge in [-0.1, -0.05) is 49.4 Å². The second-order valence-corrected chi connectivity index (χ2v) is 10.8. The summed E-state index contributed by atoms with van der Waals surface area (Å²) in [5, 5.41) is 31.6. The summed E-state index contributed by atoms with van der Waals surface area (Å²) in [4.78, 5) is 56.4. The second-order valence-electron chi connectivity index (χ2n) is 10.8. The molecule has 0 aliphatic carbocycles. The summed E-state index contributed by atoms with van der Waals surface area (Å²) in [5.41, 5.74) is 0.00702. The van der Waals surface area contributed by atoms with Crippen molar-refractivity contribution in [3.05, 3.63) is 95.1 Å². The number of hydrogen-bond donors (Lipinski definition) is 6. The topological polar surface area (TPSA) is 170 Å². The molecular weight excluding hydrogens is 595 g/mol. The molecular formula is C31H32F3N5O6. The highest BCUT2D eigenvalue weighted by molar-refractivity contribution is 6.00. The third-order valence-electron chi connectivity index (χ3n) is 7.57. The lowest BCUT2D eigenvalue weighted by atomic mass is 9.91. The van der Waals surface area contributed by atoms with Crippen LogP contribution in [0.5, 0.6) is 5.75 Å². The molecule has 4 rings (SSSR count). The van der Waals surface area contributed by atoms with Gasteiger partial charge in [-0.25, -0.2) is 4.39 Å². The van der Waals surface area contributed by atoms with E-state index in [2.05, 4.69) is 26.3 Å². The predicted molar refractivity (Wildman–Crippen MR) is 154 cm³/mol. The van der Waals surface area contributed by atoms with Gasteiger partial charge < -0.3 is 31.5 Å². The van der Waals surface area contributed by atoms with Crippen LogP contribution in [0, 0.1) is 23.6 Å². The van der Waals surface area contributed by atoms with Gasteiger partial charge in [0.25, 0.3) is 11.9 Å². The quantitative estimate of drug-likeness (QED) is 0.224. The predicted octanol–water partition coefficient (Wildman–Crippen LogP) is 1.27. The molecule has 4 amide bonds. The number of halogens is 3. The molecule has 6 N–H and O–H groups in total. The third kappa shape index (κ3) is 7.95. The van der Waals surface area contributed by atoms with Crippen LogP contribution in [0.3, 0.4) is 0 Å². The Hall–Kier alpha value is -4.98. The maximum atomic E-state index is 14.5. The van der Waals surface area contributed by atoms with E-state index >= 15 is 0 Å². The van der Waals surface area contributed by atoms with Crippen LogP contribution in [0.15, 0.2) is 60.7 Å². The van der Waals surface area contributed by atoms with E-state index in [1.54, 1.807) is 30.3 Å². The molecule has 1 aliphatic rings. The fourth-order valence-electron chi connectivity index (χ4n) is 4.97. The molecule has 0 spiro atoms. The first-order valence-corrected chi connectivity index (χ1v) is 14.1. The number of nitrogens with zero attached hydrogens (tertiary/aromatic N) is 1. The van der Waals surface area contributed by atoms with Crippen LogP contribution in [0.2, 0.25) is 0 Å². The number of hydrogen-bond acceptors (Lipinski definition) is 7. The standard InChI is InChI=1S/C31H32F3N5O6/c1-15-25(41)21(14-18-13-20(32)27(34)39-26(18)33)36-31(45)24(38-29(43)19-10-6-7-11-23(19)40)16(2)35-30(44)22(37-28(15)42)12-17-8-4-3-5-9-17/h3-11,13,15-16,21-22,24-25,40-41H,12,14H2,1-2H3,(H,35,44)(H,36,45)(H,37,42)(H,38,43)/t15-,16-,21+,22?,24+,25+/m1/s1. The van der Waals surface area contributed by atoms with Gasteiger partial charge in [0.2, 0.25) is 23.7 Å². The van der Waals surface area contributed by atoms with Crippen molar-refractivity contribution in [2.24, 2.45) is 5.92 Å². The van der Waals surface area contributed by atoms with Crippen molar-refractivity contribution in [3.8, 4) is 5.75 Å². The number of nitrogens with one attached hydrogen (secondary N) is 4. The number of aliphatic hydroxyl groups is 1. The molecule has 1 saturated heterocycles. The minimum atomic E-state index is -1.74. The number of phenolic OH excluding ortho intramolecular Hbond substituents is 1. The molecule has 11 nitrogen and oxygen atoms in total. The van der Waals surface area contributed by atoms with Crippen LogP contribution < -0.4 is 21.3 Å². The number of amides is 4. The van der Waals surface area contributed by atoms with Crippen molar-refractivity contribution in [1.82, 2.24) is 26.3 Å². The highest BCUT2D eigenvalue weighted by Gasteiger charge is 2.38. The minimum Gasteiger partial charge on any atom is -0.507 e. The normalized spacial score (nSPS) is 24.4. The molecule has 0 radical (unpaired) electrons. The van der Waals surface area contributed by atoms with Gasteiger partial charge in [-0.15, -0.1) is 0 Å². The van der Waals surface area contributed by atoms with Gasteiger partial charge in [-0.05, 0) is 37.1 Å². The van der Waals surface area contributed by atoms with E-state index in [-0.39, 0.29) is 17.7 Å². The summed E-state index contributed by atoms with van der Waals surface area (Å²) < 4.78 is 42.0. The van der Waals surface area contributed by atoms with Gasteiger partial charge in [-0.3, -0.25) is 19.2 Å². The molecule has 2 aromatic carbocycles. The van der Waals surface area contributed by atoms with Crippen LogP contribution >= 0.6 is 0 Å². The highest BCUT2D eigenvalue weighted by atomic mass is 19.2. The van der Waals surface area contributed by atoms with Crippen LogP contribution in [0.25, 0.3) is 0 Å². The summed E-state index contributed by atoms with van der Waals surface area (Å²) in [6.07, 6.45) is -2.34. The Bertz CT molecular complexity index is 1580. The van der Waals surface area contributed by atoms with Crippen LogP contribution in [0.1, 0.15) is 35.3 Å². The fourth-order valence-corrected chi connectivity index (χ4v) is 4.97. The Kier molecular flexibility index (Phi) is 10.4. The first kappa shape index (κ1) is 32.9. The summed E-state index contributed by atoms with van der Waals surface area (Å²) in [6, 6.07) is 9.44. The summed E-state index contributed by atoms with van der Waals surface area (Å²) >= 11 is 0. The zero-order chi connectivity index (χ0) is 32.8. The minimum absolute atomic E-state index is 0.0320. The van der Waals surface area contributed by atoms with Gasteiger partial charge in [0.05, 0.1) is 29.7 Å². The zero-order valence-electron chi connectivity index (χ0n) is 24.3. The molecule has 1 aromatic heterocycles. The summed E-state index contributed by atoms with van der Waals surface area (Å²) in [7, 11) is 0. The number of pyridine rings is 1. The highest BCUT2D eigenvalue weighted by Crippen LogP contribution is 2.20. The molecule has 0 bridgehead atoms. The molecule has 0 saturated carbocycles. The Morgan fingerprint density at radius 1 is 0.867 bits per heavy atom. The molecule has 1 unspecified atom stereocenters. The molecule has 1 fully saturated rings. The number of aromatic hydroxyl groups is 1. The summed E-state index contributed by atoms with van der Waals surface area (Å²) in [5.74, 6) is -9.57. The fraction of sp³-hybridized carbons (Fsp3) is 0.323. The molecule has 6 atom stereocenters. The lowest BCUT2D eigenvalue weighted by Gasteiger charge is -2.34.